The van der Waals surface area contributed by atoms with Crippen LogP contribution in [0.3, 0.4) is 0 Å². The van der Waals surface area contributed by atoms with Crippen LogP contribution in [-0.4, -0.2) is 18.8 Å². The van der Waals surface area contributed by atoms with Crippen LogP contribution in [0.15, 0.2) is 22.7 Å². The summed E-state index contributed by atoms with van der Waals surface area (Å²) < 4.78 is 38.6. The zero-order valence-electron chi connectivity index (χ0n) is 10.1. The molecule has 0 aliphatic heterocycles. The minimum Gasteiger partial charge on any atom is -0.360 e. The molecule has 0 atom stereocenters. The van der Waals surface area contributed by atoms with Crippen LogP contribution in [0, 0.1) is 0 Å². The Balaban J connectivity index is 3.16. The molecule has 0 N–H and O–H groups in total. The van der Waals surface area contributed by atoms with Gasteiger partial charge in [0.25, 0.3) is 0 Å². The molecule has 0 amide bonds. The van der Waals surface area contributed by atoms with Crippen molar-refractivity contribution in [1.29, 1.82) is 0 Å². The van der Waals surface area contributed by atoms with Gasteiger partial charge in [-0.3, -0.25) is 0 Å². The number of rotatable bonds is 4. The van der Waals surface area contributed by atoms with Gasteiger partial charge in [-0.15, -0.1) is 0 Å². The molecule has 1 aromatic rings. The van der Waals surface area contributed by atoms with Crippen molar-refractivity contribution in [3.63, 3.8) is 0 Å². The number of benzene rings is 1. The highest BCUT2D eigenvalue weighted by Crippen LogP contribution is 2.31. The number of halogens is 5. The predicted octanol–water partition coefficient (Wildman–Crippen LogP) is 5.12. The molecule has 0 aliphatic carbocycles. The van der Waals surface area contributed by atoms with E-state index in [9.17, 15) is 13.2 Å². The molecule has 102 valence electrons. The maximum Gasteiger partial charge on any atom is 0.405 e. The van der Waals surface area contributed by atoms with Crippen molar-refractivity contribution in [1.82, 2.24) is 0 Å². The van der Waals surface area contributed by atoms with E-state index in [1.165, 1.54) is 4.90 Å². The van der Waals surface area contributed by atoms with Gasteiger partial charge in [0.05, 0.1) is 0 Å². The molecule has 18 heavy (non-hydrogen) atoms. The molecule has 0 saturated heterocycles. The minimum absolute atomic E-state index is 0.223. The average Bonchev–Trinajstić information content (AvgIpc) is 2.24. The Morgan fingerprint density at radius 1 is 1.28 bits per heavy atom. The summed E-state index contributed by atoms with van der Waals surface area (Å²) in [5.41, 5.74) is 1.45. The second-order valence-electron chi connectivity index (χ2n) is 4.24. The lowest BCUT2D eigenvalue weighted by Crippen LogP contribution is -2.39. The highest BCUT2D eigenvalue weighted by molar-refractivity contribution is 9.10. The zero-order valence-corrected chi connectivity index (χ0v) is 13.2. The van der Waals surface area contributed by atoms with E-state index < -0.39 is 12.7 Å². The summed E-state index contributed by atoms with van der Waals surface area (Å²) in [5.74, 6) is 0. The second kappa shape index (κ2) is 6.28. The van der Waals surface area contributed by atoms with Crippen LogP contribution in [0.5, 0.6) is 0 Å². The first-order valence-electron chi connectivity index (χ1n) is 5.42. The predicted molar refractivity (Wildman–Crippen MR) is 75.3 cm³/mol. The van der Waals surface area contributed by atoms with Crippen LogP contribution in [0.1, 0.15) is 19.4 Å². The van der Waals surface area contributed by atoms with Crippen molar-refractivity contribution >= 4 is 37.5 Å². The fourth-order valence-electron chi connectivity index (χ4n) is 1.66. The fourth-order valence-corrected chi connectivity index (χ4v) is 2.48. The topological polar surface area (TPSA) is 3.24 Å². The third kappa shape index (κ3) is 4.46. The van der Waals surface area contributed by atoms with Gasteiger partial charge < -0.3 is 4.90 Å². The summed E-state index contributed by atoms with van der Waals surface area (Å²) in [6.45, 7) is 2.57. The summed E-state index contributed by atoms with van der Waals surface area (Å²) in [6.07, 6.45) is -4.21. The number of hydrogen-bond acceptors (Lipinski definition) is 1. The Morgan fingerprint density at radius 2 is 1.89 bits per heavy atom. The maximum absolute atomic E-state index is 12.6. The van der Waals surface area contributed by atoms with E-state index in [-0.39, 0.29) is 6.04 Å². The lowest BCUT2D eigenvalue weighted by atomic mass is 10.1. The summed E-state index contributed by atoms with van der Waals surface area (Å²) in [6, 6.07) is 5.15. The molecular weight excluding hydrogens is 375 g/mol. The summed E-state index contributed by atoms with van der Waals surface area (Å²) in [7, 11) is 0. The van der Waals surface area contributed by atoms with Gasteiger partial charge in [0.15, 0.2) is 0 Å². The average molecular weight is 389 g/mol. The Kier molecular flexibility index (Phi) is 5.52. The van der Waals surface area contributed by atoms with Gasteiger partial charge in [-0.2, -0.15) is 13.2 Å². The van der Waals surface area contributed by atoms with Crippen LogP contribution >= 0.6 is 31.9 Å². The Morgan fingerprint density at radius 3 is 2.33 bits per heavy atom. The number of anilines is 1. The van der Waals surface area contributed by atoms with Crippen LogP contribution in [0.25, 0.3) is 0 Å². The first-order valence-corrected chi connectivity index (χ1v) is 7.34. The SMILES string of the molecule is CC(C)N(CC(F)(F)F)c1cc(Br)ccc1CBr. The lowest BCUT2D eigenvalue weighted by molar-refractivity contribution is -0.120. The van der Waals surface area contributed by atoms with Gasteiger partial charge in [0.1, 0.15) is 6.54 Å². The van der Waals surface area contributed by atoms with Crippen molar-refractivity contribution in [2.45, 2.75) is 31.4 Å². The summed E-state index contributed by atoms with van der Waals surface area (Å²) >= 11 is 6.61. The van der Waals surface area contributed by atoms with Crippen LogP contribution in [0.2, 0.25) is 0 Å². The van der Waals surface area contributed by atoms with Gasteiger partial charge in [-0.1, -0.05) is 37.9 Å². The molecule has 1 rings (SSSR count). The monoisotopic (exact) mass is 387 g/mol. The van der Waals surface area contributed by atoms with E-state index in [4.69, 9.17) is 0 Å². The molecular formula is C12H14Br2F3N. The number of nitrogens with zero attached hydrogens (tertiary/aromatic N) is 1. The fraction of sp³-hybridized carbons (Fsp3) is 0.500. The normalized spacial score (nSPS) is 12.0. The largest absolute Gasteiger partial charge is 0.405 e. The molecule has 0 aromatic heterocycles. The number of alkyl halides is 4. The van der Waals surface area contributed by atoms with Gasteiger partial charge in [-0.05, 0) is 31.5 Å². The molecule has 0 spiro atoms. The van der Waals surface area contributed by atoms with E-state index in [0.717, 1.165) is 10.0 Å². The Hall–Kier alpha value is -0.230. The van der Waals surface area contributed by atoms with Gasteiger partial charge in [0, 0.05) is 21.5 Å². The standard InChI is InChI=1S/C12H14Br2F3N/c1-8(2)18(7-12(15,16)17)11-5-10(14)4-3-9(11)6-13/h3-5,8H,6-7H2,1-2H3. The first-order chi connectivity index (χ1) is 8.24. The smallest absolute Gasteiger partial charge is 0.360 e. The van der Waals surface area contributed by atoms with E-state index in [1.54, 1.807) is 19.9 Å². The third-order valence-electron chi connectivity index (χ3n) is 2.47. The molecule has 1 nitrogen and oxygen atoms in total. The van der Waals surface area contributed by atoms with Gasteiger partial charge in [0.2, 0.25) is 0 Å². The van der Waals surface area contributed by atoms with Crippen LogP contribution in [0.4, 0.5) is 18.9 Å². The molecule has 0 radical (unpaired) electrons. The molecule has 1 aromatic carbocycles. The van der Waals surface area contributed by atoms with Crippen molar-refractivity contribution in [3.8, 4) is 0 Å². The third-order valence-corrected chi connectivity index (χ3v) is 3.57. The van der Waals surface area contributed by atoms with E-state index in [0.29, 0.717) is 11.0 Å². The Bertz CT molecular complexity index is 405. The quantitative estimate of drug-likeness (QED) is 0.647. The van der Waals surface area contributed by atoms with Crippen LogP contribution < -0.4 is 4.90 Å². The van der Waals surface area contributed by atoms with E-state index in [2.05, 4.69) is 31.9 Å². The highest BCUT2D eigenvalue weighted by Gasteiger charge is 2.32. The van der Waals surface area contributed by atoms with E-state index >= 15 is 0 Å². The second-order valence-corrected chi connectivity index (χ2v) is 5.72. The van der Waals surface area contributed by atoms with Crippen molar-refractivity contribution in [2.75, 3.05) is 11.4 Å². The van der Waals surface area contributed by atoms with Gasteiger partial charge in [-0.25, -0.2) is 0 Å². The molecule has 0 heterocycles. The molecule has 0 aliphatic rings. The minimum atomic E-state index is -4.21. The molecule has 0 unspecified atom stereocenters. The van der Waals surface area contributed by atoms with Crippen molar-refractivity contribution < 1.29 is 13.2 Å². The summed E-state index contributed by atoms with van der Waals surface area (Å²) in [5, 5.41) is 0.524. The first kappa shape index (κ1) is 15.8. The van der Waals surface area contributed by atoms with E-state index in [1.807, 2.05) is 12.1 Å². The number of hydrogen-bond donors (Lipinski definition) is 0. The zero-order chi connectivity index (χ0) is 13.9. The van der Waals surface area contributed by atoms with Crippen LogP contribution in [-0.2, 0) is 5.33 Å². The lowest BCUT2D eigenvalue weighted by Gasteiger charge is -2.31. The molecule has 0 fully saturated rings. The highest BCUT2D eigenvalue weighted by atomic mass is 79.9. The maximum atomic E-state index is 12.6. The molecule has 6 heteroatoms. The molecule has 0 bridgehead atoms. The Labute approximate surface area is 122 Å². The van der Waals surface area contributed by atoms with Gasteiger partial charge >= 0.3 is 6.18 Å². The van der Waals surface area contributed by atoms with Crippen molar-refractivity contribution in [3.05, 3.63) is 28.2 Å². The molecule has 0 saturated carbocycles. The summed E-state index contributed by atoms with van der Waals surface area (Å²) in [4.78, 5) is 1.36. The van der Waals surface area contributed by atoms with Crippen molar-refractivity contribution in [2.24, 2.45) is 0 Å².